The van der Waals surface area contributed by atoms with Crippen molar-refractivity contribution in [2.75, 3.05) is 0 Å². The molecule has 5 nitrogen and oxygen atoms in total. The second kappa shape index (κ2) is 6.48. The molecule has 1 aromatic carbocycles. The second-order valence-corrected chi connectivity index (χ2v) is 4.58. The van der Waals surface area contributed by atoms with Gasteiger partial charge in [-0.25, -0.2) is 0 Å². The topological polar surface area (TPSA) is 79.2 Å². The number of hydrazine groups is 1. The number of carbonyl (C=O) groups excluding carboxylic acids is 1. The Labute approximate surface area is 117 Å². The first-order chi connectivity index (χ1) is 8.00. The predicted molar refractivity (Wildman–Crippen MR) is 77.3 cm³/mol. The van der Waals surface area contributed by atoms with Gasteiger partial charge in [-0.3, -0.25) is 21.0 Å². The average Bonchev–Trinajstić information content (AvgIpc) is 2.26. The van der Waals surface area contributed by atoms with Gasteiger partial charge >= 0.3 is 0 Å². The maximum Gasteiger partial charge on any atom is 0.258 e. The molecule has 0 aliphatic rings. The predicted octanol–water partition coefficient (Wildman–Crippen LogP) is 0.802. The third kappa shape index (κ3) is 4.63. The molecule has 1 rings (SSSR count). The molecular formula is C9H9BrN4OS2. The van der Waals surface area contributed by atoms with Gasteiger partial charge in [-0.15, -0.1) is 0 Å². The van der Waals surface area contributed by atoms with Crippen LogP contribution in [-0.4, -0.2) is 16.1 Å². The third-order valence-corrected chi connectivity index (χ3v) is 2.64. The number of hydrogen-bond acceptors (Lipinski definition) is 3. The number of nitrogens with one attached hydrogen (secondary N) is 3. The molecule has 0 radical (unpaired) electrons. The van der Waals surface area contributed by atoms with Crippen LogP contribution in [0.3, 0.4) is 0 Å². The molecule has 0 aromatic heterocycles. The summed E-state index contributed by atoms with van der Waals surface area (Å²) in [7, 11) is 0. The zero-order valence-electron chi connectivity index (χ0n) is 8.49. The summed E-state index contributed by atoms with van der Waals surface area (Å²) in [6, 6.07) is 7.00. The largest absolute Gasteiger partial charge is 0.375 e. The molecule has 0 spiro atoms. The van der Waals surface area contributed by atoms with E-state index >= 15 is 0 Å². The normalized spacial score (nSPS) is 9.24. The van der Waals surface area contributed by atoms with Crippen molar-refractivity contribution in [1.29, 1.82) is 0 Å². The molecule has 0 aliphatic heterocycles. The van der Waals surface area contributed by atoms with E-state index in [1.165, 1.54) is 0 Å². The smallest absolute Gasteiger partial charge is 0.258 e. The van der Waals surface area contributed by atoms with Crippen molar-refractivity contribution in [2.24, 2.45) is 5.73 Å². The summed E-state index contributed by atoms with van der Waals surface area (Å²) >= 11 is 12.7. The van der Waals surface area contributed by atoms with Crippen LogP contribution in [0.15, 0.2) is 28.7 Å². The fraction of sp³-hybridized carbons (Fsp3) is 0. The average molecular weight is 333 g/mol. The van der Waals surface area contributed by atoms with E-state index in [0.717, 1.165) is 0 Å². The number of rotatable bonds is 1. The van der Waals surface area contributed by atoms with Gasteiger partial charge in [0.15, 0.2) is 10.2 Å². The van der Waals surface area contributed by atoms with Gasteiger partial charge in [0.1, 0.15) is 0 Å². The van der Waals surface area contributed by atoms with Crippen LogP contribution in [-0.2, 0) is 0 Å². The van der Waals surface area contributed by atoms with Crippen molar-refractivity contribution < 1.29 is 4.79 Å². The van der Waals surface area contributed by atoms with Gasteiger partial charge in [0.2, 0.25) is 0 Å². The number of nitrogens with two attached hydrogens (primary N) is 1. The molecule has 0 heterocycles. The quantitative estimate of drug-likeness (QED) is 0.450. The molecular weight excluding hydrogens is 324 g/mol. The molecule has 8 heteroatoms. The van der Waals surface area contributed by atoms with Crippen molar-refractivity contribution in [2.45, 2.75) is 0 Å². The van der Waals surface area contributed by atoms with Crippen LogP contribution >= 0.6 is 40.4 Å². The van der Waals surface area contributed by atoms with Crippen LogP contribution in [0.2, 0.25) is 0 Å². The second-order valence-electron chi connectivity index (χ2n) is 2.88. The molecule has 1 aromatic rings. The van der Waals surface area contributed by atoms with Crippen LogP contribution in [0.25, 0.3) is 0 Å². The van der Waals surface area contributed by atoms with E-state index in [-0.39, 0.29) is 16.1 Å². The van der Waals surface area contributed by atoms with Crippen molar-refractivity contribution in [3.05, 3.63) is 34.3 Å². The Morgan fingerprint density at radius 1 is 1.24 bits per heavy atom. The molecule has 5 N–H and O–H groups in total. The van der Waals surface area contributed by atoms with Crippen molar-refractivity contribution in [1.82, 2.24) is 16.2 Å². The summed E-state index contributed by atoms with van der Waals surface area (Å²) < 4.78 is 0.683. The van der Waals surface area contributed by atoms with Crippen molar-refractivity contribution >= 4 is 56.5 Å². The lowest BCUT2D eigenvalue weighted by atomic mass is 10.2. The van der Waals surface area contributed by atoms with Crippen LogP contribution < -0.4 is 21.9 Å². The van der Waals surface area contributed by atoms with Gasteiger partial charge in [0.25, 0.3) is 5.91 Å². The number of amides is 1. The van der Waals surface area contributed by atoms with Gasteiger partial charge in [-0.1, -0.05) is 12.1 Å². The first-order valence-electron chi connectivity index (χ1n) is 4.42. The van der Waals surface area contributed by atoms with Crippen LogP contribution in [0, 0.1) is 0 Å². The minimum Gasteiger partial charge on any atom is -0.375 e. The highest BCUT2D eigenvalue weighted by Crippen LogP contribution is 2.15. The first kappa shape index (κ1) is 13.8. The van der Waals surface area contributed by atoms with E-state index in [1.807, 2.05) is 6.07 Å². The molecule has 0 unspecified atom stereocenters. The molecule has 0 bridgehead atoms. The third-order valence-electron chi connectivity index (χ3n) is 1.64. The number of hydrogen-bond donors (Lipinski definition) is 4. The lowest BCUT2D eigenvalue weighted by molar-refractivity contribution is 0.0976. The lowest BCUT2D eigenvalue weighted by Gasteiger charge is -2.10. The van der Waals surface area contributed by atoms with Gasteiger partial charge in [0.05, 0.1) is 5.56 Å². The summed E-state index contributed by atoms with van der Waals surface area (Å²) in [5, 5.41) is 2.58. The fourth-order valence-corrected chi connectivity index (χ4v) is 1.63. The summed E-state index contributed by atoms with van der Waals surface area (Å²) in [6.45, 7) is 0. The molecule has 0 saturated carbocycles. The van der Waals surface area contributed by atoms with Gasteiger partial charge in [-0.05, 0) is 52.5 Å². The molecule has 0 saturated heterocycles. The molecule has 0 aliphatic carbocycles. The molecule has 90 valence electrons. The van der Waals surface area contributed by atoms with Crippen molar-refractivity contribution in [3.63, 3.8) is 0 Å². The number of carbonyl (C=O) groups is 1. The highest BCUT2D eigenvalue weighted by molar-refractivity contribution is 9.10. The molecule has 0 fully saturated rings. The standard InChI is InChI=1S/C9H9BrN4OS2/c10-6-4-2-1-3-5(6)7(15)12-9(17)14-13-8(11)16/h1-4H,(H3,11,13,16)(H2,12,14,15,17). The Morgan fingerprint density at radius 3 is 2.47 bits per heavy atom. The lowest BCUT2D eigenvalue weighted by Crippen LogP contribution is -2.50. The van der Waals surface area contributed by atoms with E-state index < -0.39 is 0 Å². The van der Waals surface area contributed by atoms with E-state index in [2.05, 4.69) is 44.3 Å². The zero-order chi connectivity index (χ0) is 12.8. The van der Waals surface area contributed by atoms with Gasteiger partial charge in [0, 0.05) is 4.47 Å². The zero-order valence-corrected chi connectivity index (χ0v) is 11.7. The Hall–Kier alpha value is -1.25. The molecule has 0 atom stereocenters. The van der Waals surface area contributed by atoms with Gasteiger partial charge in [-0.2, -0.15) is 0 Å². The highest BCUT2D eigenvalue weighted by atomic mass is 79.9. The first-order valence-corrected chi connectivity index (χ1v) is 6.03. The van der Waals surface area contributed by atoms with E-state index in [1.54, 1.807) is 18.2 Å². The monoisotopic (exact) mass is 332 g/mol. The summed E-state index contributed by atoms with van der Waals surface area (Å²) in [5.41, 5.74) is 10.5. The highest BCUT2D eigenvalue weighted by Gasteiger charge is 2.10. The Kier molecular flexibility index (Phi) is 5.26. The Morgan fingerprint density at radius 2 is 1.88 bits per heavy atom. The maximum atomic E-state index is 11.8. The summed E-state index contributed by atoms with van der Waals surface area (Å²) in [6.07, 6.45) is 0. The van der Waals surface area contributed by atoms with E-state index in [4.69, 9.17) is 18.0 Å². The molecule has 1 amide bonds. The van der Waals surface area contributed by atoms with E-state index in [9.17, 15) is 4.79 Å². The number of thiocarbonyl (C=S) groups is 2. The van der Waals surface area contributed by atoms with E-state index in [0.29, 0.717) is 10.0 Å². The minimum absolute atomic E-state index is 0.0301. The van der Waals surface area contributed by atoms with Gasteiger partial charge < -0.3 is 5.73 Å². The summed E-state index contributed by atoms with van der Waals surface area (Å²) in [4.78, 5) is 11.8. The van der Waals surface area contributed by atoms with Crippen molar-refractivity contribution in [3.8, 4) is 0 Å². The maximum absolute atomic E-state index is 11.8. The SMILES string of the molecule is NC(=S)NNC(=S)NC(=O)c1ccccc1Br. The van der Waals surface area contributed by atoms with Crippen LogP contribution in [0.4, 0.5) is 0 Å². The number of benzene rings is 1. The molecule has 17 heavy (non-hydrogen) atoms. The Bertz CT molecular complexity index is 466. The van der Waals surface area contributed by atoms with Crippen LogP contribution in [0.5, 0.6) is 0 Å². The fourth-order valence-electron chi connectivity index (χ4n) is 0.965. The van der Waals surface area contributed by atoms with Crippen LogP contribution in [0.1, 0.15) is 10.4 Å². The summed E-state index contributed by atoms with van der Waals surface area (Å²) in [5.74, 6) is -0.334. The number of halogens is 1. The Balaban J connectivity index is 2.58. The minimum atomic E-state index is -0.334.